The molecule has 2 heterocycles. The number of allylic oxidation sites excluding steroid dienone is 18. The van der Waals surface area contributed by atoms with Crippen molar-refractivity contribution in [3.8, 4) is 23.5 Å². The van der Waals surface area contributed by atoms with Crippen molar-refractivity contribution in [2.75, 3.05) is 0 Å². The molecule has 6 aliphatic rings. The summed E-state index contributed by atoms with van der Waals surface area (Å²) in [5, 5.41) is 7.70. The summed E-state index contributed by atoms with van der Waals surface area (Å²) in [5.74, 6) is 4.21. The molecule has 0 aromatic heterocycles. The van der Waals surface area contributed by atoms with E-state index in [0.717, 1.165) is 56.3 Å². The summed E-state index contributed by atoms with van der Waals surface area (Å²) in [6, 6.07) is 45.7. The first-order chi connectivity index (χ1) is 31.2. The molecule has 0 amide bonds. The Kier molecular flexibility index (Phi) is 9.96. The van der Waals surface area contributed by atoms with Crippen molar-refractivity contribution in [2.45, 2.75) is 12.0 Å². The summed E-state index contributed by atoms with van der Waals surface area (Å²) in [4.78, 5) is 5.47. The lowest BCUT2D eigenvalue weighted by Crippen LogP contribution is -2.34. The van der Waals surface area contributed by atoms with Gasteiger partial charge in [0.1, 0.15) is 5.84 Å². The third kappa shape index (κ3) is 7.16. The minimum atomic E-state index is -0.199. The molecule has 5 aromatic carbocycles. The van der Waals surface area contributed by atoms with E-state index in [-0.39, 0.29) is 29.7 Å². The first-order valence-electron chi connectivity index (χ1n) is 21.9. The SMILES string of the molecule is C#C/C(=C1\NC(c2ccccc2)=C(c2ccc(C3=NC(c4ccc5c(c4)C4C=CC=CC(=C4)c4ccccc4-5)C=C(c4ccccc4)N3)cc2)C2C=CC=CC12)C1C=CC=CC=C1. The average Bonchev–Trinajstić information content (AvgIpc) is 3.83. The van der Waals surface area contributed by atoms with Gasteiger partial charge in [-0.25, -0.2) is 0 Å². The molecule has 4 unspecified atom stereocenters. The van der Waals surface area contributed by atoms with E-state index in [4.69, 9.17) is 11.4 Å². The van der Waals surface area contributed by atoms with Crippen LogP contribution >= 0.6 is 0 Å². The lowest BCUT2D eigenvalue weighted by molar-refractivity contribution is 0.591. The van der Waals surface area contributed by atoms with Crippen LogP contribution in [0, 0.1) is 30.1 Å². The van der Waals surface area contributed by atoms with Crippen LogP contribution in [-0.4, -0.2) is 5.84 Å². The molecule has 2 aliphatic heterocycles. The highest BCUT2D eigenvalue weighted by atomic mass is 15.0. The van der Waals surface area contributed by atoms with Gasteiger partial charge in [0.05, 0.1) is 11.7 Å². The van der Waals surface area contributed by atoms with Gasteiger partial charge >= 0.3 is 0 Å². The third-order valence-electron chi connectivity index (χ3n) is 12.9. The Labute approximate surface area is 370 Å². The fourth-order valence-electron chi connectivity index (χ4n) is 9.86. The van der Waals surface area contributed by atoms with Gasteiger partial charge in [0, 0.05) is 46.2 Å². The number of amidine groups is 1. The number of hydrogen-bond donors (Lipinski definition) is 2. The molecular weight excluding hydrogens is 763 g/mol. The lowest BCUT2D eigenvalue weighted by atomic mass is 9.72. The summed E-state index contributed by atoms with van der Waals surface area (Å²) >= 11 is 0. The van der Waals surface area contributed by atoms with Gasteiger partial charge in [-0.15, -0.1) is 6.42 Å². The van der Waals surface area contributed by atoms with E-state index < -0.39 is 0 Å². The van der Waals surface area contributed by atoms with E-state index in [1.807, 2.05) is 12.2 Å². The molecule has 0 saturated carbocycles. The van der Waals surface area contributed by atoms with Crippen molar-refractivity contribution in [2.24, 2.45) is 22.7 Å². The molecular formula is C60H45N3. The first kappa shape index (κ1) is 38.0. The maximum atomic E-state index is 6.38. The van der Waals surface area contributed by atoms with Crippen LogP contribution in [0.15, 0.2) is 241 Å². The molecule has 300 valence electrons. The highest BCUT2D eigenvalue weighted by molar-refractivity contribution is 6.05. The van der Waals surface area contributed by atoms with Gasteiger partial charge in [0.15, 0.2) is 0 Å². The molecule has 5 aromatic rings. The van der Waals surface area contributed by atoms with E-state index in [2.05, 4.69) is 229 Å². The normalized spacial score (nSPS) is 22.4. The predicted molar refractivity (Wildman–Crippen MR) is 263 cm³/mol. The van der Waals surface area contributed by atoms with Crippen molar-refractivity contribution < 1.29 is 0 Å². The molecule has 3 heteroatoms. The zero-order valence-electron chi connectivity index (χ0n) is 34.8. The molecule has 2 N–H and O–H groups in total. The minimum absolute atomic E-state index is 0.00843. The Morgan fingerprint density at radius 3 is 1.97 bits per heavy atom. The van der Waals surface area contributed by atoms with Crippen LogP contribution in [0.2, 0.25) is 0 Å². The van der Waals surface area contributed by atoms with Crippen molar-refractivity contribution in [3.05, 3.63) is 275 Å². The van der Waals surface area contributed by atoms with Crippen LogP contribution in [0.3, 0.4) is 0 Å². The number of hydrogen-bond acceptors (Lipinski definition) is 3. The summed E-state index contributed by atoms with van der Waals surface area (Å²) in [6.07, 6.45) is 41.5. The van der Waals surface area contributed by atoms with Crippen LogP contribution in [0.1, 0.15) is 50.9 Å². The molecule has 0 radical (unpaired) electrons. The monoisotopic (exact) mass is 807 g/mol. The number of benzene rings is 5. The second kappa shape index (κ2) is 16.5. The molecule has 0 spiro atoms. The van der Waals surface area contributed by atoms with Crippen molar-refractivity contribution in [3.63, 3.8) is 0 Å². The summed E-state index contributed by atoms with van der Waals surface area (Å²) in [7, 11) is 0. The zero-order valence-corrected chi connectivity index (χ0v) is 34.8. The Hall–Kier alpha value is -7.93. The highest BCUT2D eigenvalue weighted by Crippen LogP contribution is 2.47. The van der Waals surface area contributed by atoms with Crippen LogP contribution in [0.25, 0.3) is 33.7 Å². The molecule has 0 saturated heterocycles. The molecule has 0 fully saturated rings. The maximum absolute atomic E-state index is 6.38. The smallest absolute Gasteiger partial charge is 0.133 e. The Morgan fingerprint density at radius 2 is 1.21 bits per heavy atom. The Morgan fingerprint density at radius 1 is 0.540 bits per heavy atom. The molecule has 11 rings (SSSR count). The van der Waals surface area contributed by atoms with Crippen molar-refractivity contribution >= 4 is 28.4 Å². The molecule has 3 nitrogen and oxygen atoms in total. The van der Waals surface area contributed by atoms with Crippen molar-refractivity contribution in [1.82, 2.24) is 10.6 Å². The summed E-state index contributed by atoms with van der Waals surface area (Å²) in [6.45, 7) is 0. The van der Waals surface area contributed by atoms with Gasteiger partial charge in [-0.1, -0.05) is 224 Å². The lowest BCUT2D eigenvalue weighted by Gasteiger charge is -2.38. The topological polar surface area (TPSA) is 36.4 Å². The van der Waals surface area contributed by atoms with Gasteiger partial charge < -0.3 is 10.6 Å². The van der Waals surface area contributed by atoms with Gasteiger partial charge in [0.2, 0.25) is 0 Å². The average molecular weight is 808 g/mol. The van der Waals surface area contributed by atoms with E-state index in [1.54, 1.807) is 0 Å². The summed E-state index contributed by atoms with van der Waals surface area (Å²) < 4.78 is 0. The van der Waals surface area contributed by atoms with E-state index in [1.165, 1.54) is 33.4 Å². The molecule has 4 atom stereocenters. The number of rotatable bonds is 6. The first-order valence-corrected chi connectivity index (χ1v) is 21.9. The number of terminal acetylenes is 1. The van der Waals surface area contributed by atoms with E-state index in [0.29, 0.717) is 0 Å². The van der Waals surface area contributed by atoms with Crippen LogP contribution in [0.5, 0.6) is 0 Å². The maximum Gasteiger partial charge on any atom is 0.133 e. The molecule has 4 aliphatic carbocycles. The highest BCUT2D eigenvalue weighted by Gasteiger charge is 2.36. The van der Waals surface area contributed by atoms with Crippen LogP contribution in [0.4, 0.5) is 0 Å². The largest absolute Gasteiger partial charge is 0.357 e. The van der Waals surface area contributed by atoms with Crippen LogP contribution < -0.4 is 10.6 Å². The van der Waals surface area contributed by atoms with Gasteiger partial charge in [-0.3, -0.25) is 4.99 Å². The predicted octanol–water partition coefficient (Wildman–Crippen LogP) is 13.1. The zero-order chi connectivity index (χ0) is 42.1. The number of nitrogens with zero attached hydrogens (tertiary/aromatic N) is 1. The number of aliphatic imine (C=N–C) groups is 1. The van der Waals surface area contributed by atoms with Gasteiger partial charge in [-0.2, -0.15) is 0 Å². The quantitative estimate of drug-likeness (QED) is 0.168. The van der Waals surface area contributed by atoms with Crippen molar-refractivity contribution in [1.29, 1.82) is 0 Å². The molecule has 63 heavy (non-hydrogen) atoms. The van der Waals surface area contributed by atoms with Gasteiger partial charge in [-0.05, 0) is 61.7 Å². The van der Waals surface area contributed by atoms with E-state index in [9.17, 15) is 0 Å². The Balaban J connectivity index is 1.00. The van der Waals surface area contributed by atoms with Gasteiger partial charge in [0.25, 0.3) is 0 Å². The number of nitrogens with one attached hydrogen (secondary N) is 2. The summed E-state index contributed by atoms with van der Waals surface area (Å²) in [5.41, 5.74) is 17.3. The standard InChI is InChI=1S/C60H45N3/c1-2-48(40-19-7-3-4-8-20-40)59-53-30-18-17-29-52(53)57(58(63-59)43-23-11-6-12-24-43)42-31-33-44(34-32-42)60-61-55(41-21-9-5-10-22-41)39-56(62-60)47-35-36-51-50-28-16-15-27-49(50)45-25-13-14-26-46(37-45)54(51)38-47/h1,3-40,46,52-53,56,63H,(H,61,62)/b59-48+. The molecule has 2 bridgehead atoms. The third-order valence-corrected chi connectivity index (χ3v) is 12.9. The second-order valence-electron chi connectivity index (χ2n) is 16.6. The van der Waals surface area contributed by atoms with Crippen LogP contribution in [-0.2, 0) is 0 Å². The van der Waals surface area contributed by atoms with E-state index >= 15 is 0 Å². The fourth-order valence-corrected chi connectivity index (χ4v) is 9.86. The Bertz CT molecular complexity index is 3040. The number of fused-ring (bicyclic) bond motifs is 7. The second-order valence-corrected chi connectivity index (χ2v) is 16.6. The fraction of sp³-hybridized carbons (Fsp3) is 0.0833. The minimum Gasteiger partial charge on any atom is -0.357 e.